The van der Waals surface area contributed by atoms with Crippen LogP contribution >= 0.6 is 11.6 Å². The summed E-state index contributed by atoms with van der Waals surface area (Å²) in [6.07, 6.45) is 1.03. The molecule has 0 saturated heterocycles. The minimum Gasteiger partial charge on any atom is -0.495 e. The molecule has 2 rings (SSSR count). The van der Waals surface area contributed by atoms with Crippen molar-refractivity contribution in [1.29, 1.82) is 0 Å². The van der Waals surface area contributed by atoms with E-state index >= 15 is 0 Å². The molecule has 0 aliphatic heterocycles. The number of sulfonamides is 1. The van der Waals surface area contributed by atoms with Crippen molar-refractivity contribution in [2.45, 2.75) is 6.92 Å². The van der Waals surface area contributed by atoms with Crippen LogP contribution in [0.4, 0.5) is 11.4 Å². The molecule has 0 spiro atoms. The van der Waals surface area contributed by atoms with E-state index < -0.39 is 15.9 Å². The number of rotatable bonds is 5. The third-order valence-corrected chi connectivity index (χ3v) is 4.04. The number of anilines is 2. The Morgan fingerprint density at radius 3 is 2.46 bits per heavy atom. The molecule has 0 aromatic heterocycles. The van der Waals surface area contributed by atoms with Gasteiger partial charge < -0.3 is 10.1 Å². The normalized spacial score (nSPS) is 11.0. The highest BCUT2D eigenvalue weighted by atomic mass is 35.5. The summed E-state index contributed by atoms with van der Waals surface area (Å²) in [5, 5.41) is 2.87. The lowest BCUT2D eigenvalue weighted by Gasteiger charge is -2.12. The van der Waals surface area contributed by atoms with Gasteiger partial charge in [-0.25, -0.2) is 8.42 Å². The van der Waals surface area contributed by atoms with Crippen LogP contribution in [-0.2, 0) is 10.0 Å². The van der Waals surface area contributed by atoms with Gasteiger partial charge in [0.05, 0.1) is 29.6 Å². The third kappa shape index (κ3) is 4.62. The van der Waals surface area contributed by atoms with Gasteiger partial charge in [0.15, 0.2) is 0 Å². The molecule has 8 heteroatoms. The molecule has 0 saturated carbocycles. The number of carbonyl (C=O) groups excluding carboxylic acids is 1. The number of nitrogens with one attached hydrogen (secondary N) is 2. The average Bonchev–Trinajstić information content (AvgIpc) is 2.45. The molecule has 0 aliphatic rings. The molecule has 2 aromatic carbocycles. The maximum absolute atomic E-state index is 12.4. The zero-order chi connectivity index (χ0) is 17.9. The Hall–Kier alpha value is -2.25. The van der Waals surface area contributed by atoms with Crippen LogP contribution in [0.3, 0.4) is 0 Å². The molecule has 128 valence electrons. The molecule has 0 aliphatic carbocycles. The fourth-order valence-electron chi connectivity index (χ4n) is 2.09. The molecule has 1 amide bonds. The van der Waals surface area contributed by atoms with Crippen molar-refractivity contribution in [2.75, 3.05) is 23.4 Å². The molecule has 0 atom stereocenters. The number of benzene rings is 2. The Labute approximate surface area is 145 Å². The monoisotopic (exact) mass is 368 g/mol. The van der Waals surface area contributed by atoms with Crippen molar-refractivity contribution in [3.8, 4) is 5.75 Å². The fraction of sp³-hybridized carbons (Fsp3) is 0.188. The zero-order valence-corrected chi connectivity index (χ0v) is 15.0. The summed E-state index contributed by atoms with van der Waals surface area (Å²) in [6.45, 7) is 1.90. The second-order valence-corrected chi connectivity index (χ2v) is 7.38. The van der Waals surface area contributed by atoms with Crippen LogP contribution in [0.25, 0.3) is 0 Å². The third-order valence-electron chi connectivity index (χ3n) is 3.12. The molecule has 2 aromatic rings. The largest absolute Gasteiger partial charge is 0.495 e. The number of hydrogen-bond acceptors (Lipinski definition) is 4. The summed E-state index contributed by atoms with van der Waals surface area (Å²) in [4.78, 5) is 12.4. The van der Waals surface area contributed by atoms with Crippen molar-refractivity contribution >= 4 is 38.9 Å². The number of carbonyl (C=O) groups is 1. The van der Waals surface area contributed by atoms with Gasteiger partial charge in [-0.15, -0.1) is 0 Å². The van der Waals surface area contributed by atoms with Crippen molar-refractivity contribution in [1.82, 2.24) is 0 Å². The zero-order valence-electron chi connectivity index (χ0n) is 13.4. The van der Waals surface area contributed by atoms with Gasteiger partial charge in [0.1, 0.15) is 5.75 Å². The van der Waals surface area contributed by atoms with E-state index in [1.807, 2.05) is 13.0 Å². The van der Waals surface area contributed by atoms with E-state index in [4.69, 9.17) is 16.3 Å². The molecule has 6 nitrogen and oxygen atoms in total. The molecule has 24 heavy (non-hydrogen) atoms. The first kappa shape index (κ1) is 18.1. The van der Waals surface area contributed by atoms with Crippen molar-refractivity contribution in [3.63, 3.8) is 0 Å². The predicted molar refractivity (Wildman–Crippen MR) is 95.6 cm³/mol. The topological polar surface area (TPSA) is 84.5 Å². The summed E-state index contributed by atoms with van der Waals surface area (Å²) in [7, 11) is -1.90. The first-order chi connectivity index (χ1) is 11.2. The first-order valence-electron chi connectivity index (χ1n) is 6.93. The van der Waals surface area contributed by atoms with E-state index in [-0.39, 0.29) is 16.3 Å². The Morgan fingerprint density at radius 1 is 1.17 bits per heavy atom. The Balaban J connectivity index is 2.26. The number of methoxy groups -OCH3 is 1. The minimum absolute atomic E-state index is 0.132. The lowest BCUT2D eigenvalue weighted by atomic mass is 10.1. The van der Waals surface area contributed by atoms with Gasteiger partial charge in [-0.2, -0.15) is 0 Å². The van der Waals surface area contributed by atoms with Gasteiger partial charge in [0, 0.05) is 5.69 Å². The Morgan fingerprint density at radius 2 is 1.88 bits per heavy atom. The number of amides is 1. The summed E-state index contributed by atoms with van der Waals surface area (Å²) >= 11 is 6.10. The van der Waals surface area contributed by atoms with Crippen LogP contribution in [0.1, 0.15) is 15.9 Å². The molecule has 0 heterocycles. The number of aryl methyl sites for hydroxylation is 1. The second-order valence-electron chi connectivity index (χ2n) is 5.23. The molecular weight excluding hydrogens is 352 g/mol. The lowest BCUT2D eigenvalue weighted by molar-refractivity contribution is 0.102. The van der Waals surface area contributed by atoms with Crippen LogP contribution in [0.5, 0.6) is 5.75 Å². The van der Waals surface area contributed by atoms with Crippen LogP contribution < -0.4 is 14.8 Å². The van der Waals surface area contributed by atoms with Gasteiger partial charge in [0.25, 0.3) is 5.91 Å². The summed E-state index contributed by atoms with van der Waals surface area (Å²) in [5.74, 6) is 0.107. The maximum atomic E-state index is 12.4. The predicted octanol–water partition coefficient (Wildman–Crippen LogP) is 3.28. The van der Waals surface area contributed by atoms with Gasteiger partial charge in [0.2, 0.25) is 10.0 Å². The van der Waals surface area contributed by atoms with Crippen LogP contribution in [0.15, 0.2) is 36.4 Å². The van der Waals surface area contributed by atoms with Crippen LogP contribution in [0.2, 0.25) is 5.02 Å². The van der Waals surface area contributed by atoms with Gasteiger partial charge >= 0.3 is 0 Å². The highest BCUT2D eigenvalue weighted by Crippen LogP contribution is 2.27. The Kier molecular flexibility index (Phi) is 5.36. The average molecular weight is 369 g/mol. The smallest absolute Gasteiger partial charge is 0.257 e. The lowest BCUT2D eigenvalue weighted by Crippen LogP contribution is -2.14. The van der Waals surface area contributed by atoms with E-state index in [1.165, 1.54) is 25.3 Å². The Bertz CT molecular complexity index is 882. The van der Waals surface area contributed by atoms with E-state index in [0.717, 1.165) is 11.8 Å². The quantitative estimate of drug-likeness (QED) is 0.848. The highest BCUT2D eigenvalue weighted by molar-refractivity contribution is 7.92. The standard InChI is InChI=1S/C16H17ClN2O4S/c1-10-4-7-15(23-2)14(8-10)18-16(20)12-6-5-11(9-13(12)17)19-24(3,21)22/h4-9,19H,1-3H3,(H,18,20). The maximum Gasteiger partial charge on any atom is 0.257 e. The highest BCUT2D eigenvalue weighted by Gasteiger charge is 2.14. The number of hydrogen-bond donors (Lipinski definition) is 2. The second kappa shape index (κ2) is 7.11. The van der Waals surface area contributed by atoms with E-state index in [1.54, 1.807) is 12.1 Å². The SMILES string of the molecule is COc1ccc(C)cc1NC(=O)c1ccc(NS(C)(=O)=O)cc1Cl. The van der Waals surface area contributed by atoms with Crippen molar-refractivity contribution in [2.24, 2.45) is 0 Å². The fourth-order valence-corrected chi connectivity index (χ4v) is 2.91. The summed E-state index contributed by atoms with van der Waals surface area (Å²) < 4.78 is 30.0. The summed E-state index contributed by atoms with van der Waals surface area (Å²) in [5.41, 5.74) is 1.99. The molecule has 0 radical (unpaired) electrons. The molecule has 2 N–H and O–H groups in total. The number of ether oxygens (including phenoxy) is 1. The minimum atomic E-state index is -3.42. The van der Waals surface area contributed by atoms with Crippen molar-refractivity contribution in [3.05, 3.63) is 52.5 Å². The molecule has 0 bridgehead atoms. The van der Waals surface area contributed by atoms with Crippen LogP contribution in [0, 0.1) is 6.92 Å². The first-order valence-corrected chi connectivity index (χ1v) is 9.20. The van der Waals surface area contributed by atoms with E-state index in [0.29, 0.717) is 11.4 Å². The number of halogens is 1. The molecule has 0 fully saturated rings. The van der Waals surface area contributed by atoms with Gasteiger partial charge in [-0.3, -0.25) is 9.52 Å². The van der Waals surface area contributed by atoms with E-state index in [2.05, 4.69) is 10.0 Å². The molecule has 0 unspecified atom stereocenters. The van der Waals surface area contributed by atoms with E-state index in [9.17, 15) is 13.2 Å². The van der Waals surface area contributed by atoms with Crippen LogP contribution in [-0.4, -0.2) is 27.7 Å². The van der Waals surface area contributed by atoms with Gasteiger partial charge in [-0.05, 0) is 42.8 Å². The summed E-state index contributed by atoms with van der Waals surface area (Å²) in [6, 6.07) is 9.71. The molecular formula is C16H17ClN2O4S. The van der Waals surface area contributed by atoms with Crippen molar-refractivity contribution < 1.29 is 17.9 Å². The van der Waals surface area contributed by atoms with Gasteiger partial charge in [-0.1, -0.05) is 17.7 Å².